The van der Waals surface area contributed by atoms with Gasteiger partial charge in [0.05, 0.1) is 25.1 Å². The molecule has 8 heteroatoms. The Kier molecular flexibility index (Phi) is 3.24. The number of rotatable bonds is 4. The average Bonchev–Trinajstić information content (AvgIpc) is 2.83. The molecule has 0 fully saturated rings. The number of nitrogens with one attached hydrogen (secondary N) is 1. The summed E-state index contributed by atoms with van der Waals surface area (Å²) in [5.74, 6) is -0.0122. The second kappa shape index (κ2) is 5.01. The lowest BCUT2D eigenvalue weighted by atomic mass is 10.4. The maximum absolute atomic E-state index is 11.6. The van der Waals surface area contributed by atoms with E-state index >= 15 is 0 Å². The molecule has 0 saturated heterocycles. The van der Waals surface area contributed by atoms with Crippen LogP contribution in [0.2, 0.25) is 0 Å². The molecule has 0 saturated carbocycles. The predicted octanol–water partition coefficient (Wildman–Crippen LogP) is -0.920. The molecule has 3 N–H and O–H groups in total. The minimum Gasteiger partial charge on any atom is -0.382 e. The summed E-state index contributed by atoms with van der Waals surface area (Å²) in [6, 6.07) is 0. The van der Waals surface area contributed by atoms with E-state index in [1.807, 2.05) is 0 Å². The zero-order valence-corrected chi connectivity index (χ0v) is 8.95. The lowest BCUT2D eigenvalue weighted by Gasteiger charge is -2.04. The Balaban J connectivity index is 1.83. The van der Waals surface area contributed by atoms with Crippen LogP contribution in [0, 0.1) is 0 Å². The number of carbonyl (C=O) groups is 1. The van der Waals surface area contributed by atoms with E-state index in [4.69, 9.17) is 5.73 Å². The Bertz CT molecular complexity index is 479. The highest BCUT2D eigenvalue weighted by atomic mass is 16.1. The number of hydrogen-bond donors (Lipinski definition) is 2. The van der Waals surface area contributed by atoms with Gasteiger partial charge in [-0.3, -0.25) is 9.48 Å². The van der Waals surface area contributed by atoms with Crippen molar-refractivity contribution >= 4 is 11.7 Å². The molecule has 0 aromatic carbocycles. The molecule has 2 aromatic heterocycles. The standard InChI is InChI=1S/C9H11N7O/c10-8-6-12-7(5-13-8)9(17)11-1-3-16-4-2-14-15-16/h2,4-6H,1,3H2,(H2,10,13)(H,11,17). The van der Waals surface area contributed by atoms with Gasteiger partial charge >= 0.3 is 0 Å². The van der Waals surface area contributed by atoms with E-state index < -0.39 is 0 Å². The summed E-state index contributed by atoms with van der Waals surface area (Å²) in [4.78, 5) is 19.2. The first-order valence-electron chi connectivity index (χ1n) is 4.95. The summed E-state index contributed by atoms with van der Waals surface area (Å²) in [7, 11) is 0. The summed E-state index contributed by atoms with van der Waals surface area (Å²) in [6.07, 6.45) is 5.97. The van der Waals surface area contributed by atoms with E-state index in [0.29, 0.717) is 13.1 Å². The number of nitrogen functional groups attached to an aromatic ring is 1. The molecule has 8 nitrogen and oxygen atoms in total. The fourth-order valence-corrected chi connectivity index (χ4v) is 1.18. The van der Waals surface area contributed by atoms with Crippen LogP contribution in [0.25, 0.3) is 0 Å². The third kappa shape index (κ3) is 2.97. The van der Waals surface area contributed by atoms with Crippen molar-refractivity contribution in [2.24, 2.45) is 0 Å². The van der Waals surface area contributed by atoms with Crippen LogP contribution in [0.5, 0.6) is 0 Å². The minimum atomic E-state index is -0.294. The predicted molar refractivity (Wildman–Crippen MR) is 58.8 cm³/mol. The lowest BCUT2D eigenvalue weighted by molar-refractivity contribution is 0.0946. The topological polar surface area (TPSA) is 112 Å². The van der Waals surface area contributed by atoms with Crippen molar-refractivity contribution in [3.63, 3.8) is 0 Å². The van der Waals surface area contributed by atoms with Crippen molar-refractivity contribution in [2.75, 3.05) is 12.3 Å². The molecule has 0 aliphatic rings. The summed E-state index contributed by atoms with van der Waals surface area (Å²) in [6.45, 7) is 0.988. The number of anilines is 1. The van der Waals surface area contributed by atoms with Crippen LogP contribution in [-0.4, -0.2) is 37.4 Å². The molecular formula is C9H11N7O. The summed E-state index contributed by atoms with van der Waals surface area (Å²) >= 11 is 0. The Morgan fingerprint density at radius 2 is 2.29 bits per heavy atom. The molecular weight excluding hydrogens is 222 g/mol. The largest absolute Gasteiger partial charge is 0.382 e. The maximum atomic E-state index is 11.6. The maximum Gasteiger partial charge on any atom is 0.271 e. The fraction of sp³-hybridized carbons (Fsp3) is 0.222. The first-order valence-corrected chi connectivity index (χ1v) is 4.95. The van der Waals surface area contributed by atoms with Crippen LogP contribution in [-0.2, 0) is 6.54 Å². The smallest absolute Gasteiger partial charge is 0.271 e. The van der Waals surface area contributed by atoms with Crippen LogP contribution in [0.15, 0.2) is 24.8 Å². The van der Waals surface area contributed by atoms with E-state index in [-0.39, 0.29) is 17.4 Å². The molecule has 0 aliphatic heterocycles. The van der Waals surface area contributed by atoms with Crippen LogP contribution in [0.3, 0.4) is 0 Å². The molecule has 2 rings (SSSR count). The normalized spacial score (nSPS) is 10.1. The number of carbonyl (C=O) groups excluding carboxylic acids is 1. The monoisotopic (exact) mass is 233 g/mol. The Hall–Kier alpha value is -2.51. The second-order valence-corrected chi connectivity index (χ2v) is 3.25. The molecule has 0 spiro atoms. The van der Waals surface area contributed by atoms with Crippen molar-refractivity contribution < 1.29 is 4.79 Å². The molecule has 2 aromatic rings. The highest BCUT2D eigenvalue weighted by Crippen LogP contribution is 1.95. The summed E-state index contributed by atoms with van der Waals surface area (Å²) in [5.41, 5.74) is 5.60. The molecule has 0 atom stereocenters. The Morgan fingerprint density at radius 3 is 2.94 bits per heavy atom. The van der Waals surface area contributed by atoms with E-state index in [0.717, 1.165) is 0 Å². The molecule has 0 aliphatic carbocycles. The first kappa shape index (κ1) is 11.0. The van der Waals surface area contributed by atoms with Gasteiger partial charge in [0.25, 0.3) is 5.91 Å². The van der Waals surface area contributed by atoms with Gasteiger partial charge in [-0.15, -0.1) is 5.10 Å². The molecule has 1 amide bonds. The van der Waals surface area contributed by atoms with Crippen molar-refractivity contribution in [3.05, 3.63) is 30.5 Å². The van der Waals surface area contributed by atoms with Gasteiger partial charge in [0.15, 0.2) is 0 Å². The summed E-state index contributed by atoms with van der Waals surface area (Å²) in [5, 5.41) is 10.1. The van der Waals surface area contributed by atoms with Crippen LogP contribution in [0.4, 0.5) is 5.82 Å². The van der Waals surface area contributed by atoms with Crippen LogP contribution >= 0.6 is 0 Å². The van der Waals surface area contributed by atoms with E-state index in [2.05, 4.69) is 25.6 Å². The summed E-state index contributed by atoms with van der Waals surface area (Å²) < 4.78 is 1.62. The van der Waals surface area contributed by atoms with Crippen LogP contribution < -0.4 is 11.1 Å². The van der Waals surface area contributed by atoms with Gasteiger partial charge in [0, 0.05) is 12.7 Å². The van der Waals surface area contributed by atoms with Crippen molar-refractivity contribution in [1.82, 2.24) is 30.3 Å². The zero-order chi connectivity index (χ0) is 12.1. The fourth-order valence-electron chi connectivity index (χ4n) is 1.18. The number of nitrogens with two attached hydrogens (primary N) is 1. The second-order valence-electron chi connectivity index (χ2n) is 3.25. The average molecular weight is 233 g/mol. The van der Waals surface area contributed by atoms with Gasteiger partial charge in [0.2, 0.25) is 0 Å². The third-order valence-electron chi connectivity index (χ3n) is 2.00. The molecule has 0 radical (unpaired) electrons. The van der Waals surface area contributed by atoms with Gasteiger partial charge in [0.1, 0.15) is 11.5 Å². The van der Waals surface area contributed by atoms with Gasteiger partial charge in [-0.1, -0.05) is 5.21 Å². The number of amides is 1. The molecule has 17 heavy (non-hydrogen) atoms. The minimum absolute atomic E-state index is 0.234. The van der Waals surface area contributed by atoms with Gasteiger partial charge in [-0.2, -0.15) is 0 Å². The van der Waals surface area contributed by atoms with Crippen molar-refractivity contribution in [3.8, 4) is 0 Å². The highest BCUT2D eigenvalue weighted by molar-refractivity contribution is 5.91. The molecule has 88 valence electrons. The van der Waals surface area contributed by atoms with Crippen molar-refractivity contribution in [1.29, 1.82) is 0 Å². The van der Waals surface area contributed by atoms with Crippen LogP contribution in [0.1, 0.15) is 10.5 Å². The zero-order valence-electron chi connectivity index (χ0n) is 8.95. The third-order valence-corrected chi connectivity index (χ3v) is 2.00. The quantitative estimate of drug-likeness (QED) is 0.706. The molecule has 0 unspecified atom stereocenters. The van der Waals surface area contributed by atoms with Crippen molar-refractivity contribution in [2.45, 2.75) is 6.54 Å². The van der Waals surface area contributed by atoms with Gasteiger partial charge in [-0.25, -0.2) is 9.97 Å². The number of aromatic nitrogens is 5. The Morgan fingerprint density at radius 1 is 1.41 bits per heavy atom. The molecule has 2 heterocycles. The SMILES string of the molecule is Nc1cnc(C(=O)NCCn2ccnn2)cn1. The first-order chi connectivity index (χ1) is 8.25. The Labute approximate surface area is 96.9 Å². The van der Waals surface area contributed by atoms with Gasteiger partial charge in [-0.05, 0) is 0 Å². The highest BCUT2D eigenvalue weighted by Gasteiger charge is 2.06. The van der Waals surface area contributed by atoms with Gasteiger partial charge < -0.3 is 11.1 Å². The number of hydrogen-bond acceptors (Lipinski definition) is 6. The van der Waals surface area contributed by atoms with E-state index in [1.54, 1.807) is 17.1 Å². The van der Waals surface area contributed by atoms with E-state index in [9.17, 15) is 4.79 Å². The molecule has 0 bridgehead atoms. The number of nitrogens with zero attached hydrogens (tertiary/aromatic N) is 5. The van der Waals surface area contributed by atoms with E-state index in [1.165, 1.54) is 12.4 Å². The lowest BCUT2D eigenvalue weighted by Crippen LogP contribution is -2.28.